The van der Waals surface area contributed by atoms with Crippen LogP contribution in [0.3, 0.4) is 0 Å². The van der Waals surface area contributed by atoms with Crippen molar-refractivity contribution >= 4 is 8.24 Å². The van der Waals surface area contributed by atoms with E-state index in [-0.39, 0.29) is 0 Å². The van der Waals surface area contributed by atoms with E-state index in [1.165, 1.54) is 6.42 Å². The topological polar surface area (TPSA) is 12.5 Å². The van der Waals surface area contributed by atoms with Crippen LogP contribution in [0.4, 0.5) is 0 Å². The van der Waals surface area contributed by atoms with Crippen LogP contribution in [-0.2, 0) is 4.84 Å². The van der Waals surface area contributed by atoms with Crippen LogP contribution in [0, 0.1) is 0 Å². The summed E-state index contributed by atoms with van der Waals surface area (Å²) in [6, 6.07) is 0. The monoisotopic (exact) mass is 145 g/mol. The lowest BCUT2D eigenvalue weighted by molar-refractivity contribution is -0.0403. The Morgan fingerprint density at radius 3 is 2.22 bits per heavy atom. The van der Waals surface area contributed by atoms with Crippen LogP contribution in [0.25, 0.3) is 0 Å². The van der Waals surface area contributed by atoms with Crippen LogP contribution in [0.15, 0.2) is 0 Å². The van der Waals surface area contributed by atoms with Gasteiger partial charge < -0.3 is 4.84 Å². The van der Waals surface area contributed by atoms with Crippen LogP contribution < -0.4 is 0 Å². The molecule has 0 aliphatic carbocycles. The molecule has 0 radical (unpaired) electrons. The Morgan fingerprint density at radius 2 is 2.00 bits per heavy atom. The Balaban J connectivity index is 2.42. The number of hydrogen-bond donors (Lipinski definition) is 0. The summed E-state index contributed by atoms with van der Waals surface area (Å²) in [6.45, 7) is 8.99. The molecule has 54 valence electrons. The first kappa shape index (κ1) is 7.25. The lowest BCUT2D eigenvalue weighted by atomic mass is 10.5. The van der Waals surface area contributed by atoms with Crippen molar-refractivity contribution in [2.45, 2.75) is 26.1 Å². The fourth-order valence-electron chi connectivity index (χ4n) is 0.977. The fourth-order valence-corrected chi connectivity index (χ4v) is 2.28. The van der Waals surface area contributed by atoms with E-state index in [1.54, 1.807) is 0 Å². The molecule has 0 atom stereocenters. The Kier molecular flexibility index (Phi) is 1.93. The van der Waals surface area contributed by atoms with E-state index in [2.05, 4.69) is 24.4 Å². The molecule has 0 aromatic heterocycles. The van der Waals surface area contributed by atoms with Crippen molar-refractivity contribution in [2.24, 2.45) is 0 Å². The van der Waals surface area contributed by atoms with Crippen LogP contribution in [0.5, 0.6) is 0 Å². The zero-order chi connectivity index (χ0) is 6.91. The smallest absolute Gasteiger partial charge is 0.151 e. The van der Waals surface area contributed by atoms with Gasteiger partial charge in [0.1, 0.15) is 0 Å². The van der Waals surface area contributed by atoms with Crippen LogP contribution >= 0.6 is 0 Å². The van der Waals surface area contributed by atoms with Crippen LogP contribution in [0.1, 0.15) is 6.42 Å². The Morgan fingerprint density at radius 1 is 1.33 bits per heavy atom. The largest absolute Gasteiger partial charge is 0.306 e. The van der Waals surface area contributed by atoms with Crippen LogP contribution in [0.2, 0.25) is 19.6 Å². The molecule has 0 aromatic carbocycles. The van der Waals surface area contributed by atoms with E-state index in [4.69, 9.17) is 4.84 Å². The first-order chi connectivity index (χ1) is 4.11. The summed E-state index contributed by atoms with van der Waals surface area (Å²) in [4.78, 5) is 5.41. The van der Waals surface area contributed by atoms with Crippen LogP contribution in [-0.4, -0.2) is 26.1 Å². The predicted molar refractivity (Wildman–Crippen MR) is 40.6 cm³/mol. The quantitative estimate of drug-likeness (QED) is 0.518. The highest BCUT2D eigenvalue weighted by atomic mass is 28.3. The fraction of sp³-hybridized carbons (Fsp3) is 1.00. The summed E-state index contributed by atoms with van der Waals surface area (Å²) in [7, 11) is -1.11. The minimum atomic E-state index is -1.11. The number of rotatable bonds is 1. The predicted octanol–water partition coefficient (Wildman–Crippen LogP) is 1.46. The molecular weight excluding hydrogens is 130 g/mol. The van der Waals surface area contributed by atoms with E-state index in [1.807, 2.05) is 0 Å². The molecule has 1 aliphatic rings. The summed E-state index contributed by atoms with van der Waals surface area (Å²) in [5.41, 5.74) is 0. The van der Waals surface area contributed by atoms with E-state index in [0.717, 1.165) is 13.2 Å². The zero-order valence-electron chi connectivity index (χ0n) is 6.48. The van der Waals surface area contributed by atoms with Crippen molar-refractivity contribution in [1.82, 2.24) is 4.73 Å². The molecule has 0 amide bonds. The van der Waals surface area contributed by atoms with Gasteiger partial charge in [-0.05, 0) is 6.42 Å². The van der Waals surface area contributed by atoms with Crippen molar-refractivity contribution in [3.8, 4) is 0 Å². The third-order valence-electron chi connectivity index (χ3n) is 1.50. The van der Waals surface area contributed by atoms with E-state index >= 15 is 0 Å². The van der Waals surface area contributed by atoms with E-state index < -0.39 is 8.24 Å². The lowest BCUT2D eigenvalue weighted by Crippen LogP contribution is -2.42. The molecule has 1 heterocycles. The number of hydrogen-bond acceptors (Lipinski definition) is 2. The van der Waals surface area contributed by atoms with Gasteiger partial charge in [0.15, 0.2) is 8.24 Å². The van der Waals surface area contributed by atoms with Gasteiger partial charge >= 0.3 is 0 Å². The molecule has 1 rings (SSSR count). The summed E-state index contributed by atoms with van der Waals surface area (Å²) in [6.07, 6.45) is 1.21. The highest BCUT2D eigenvalue weighted by molar-refractivity contribution is 6.73. The minimum absolute atomic E-state index is 0.935. The summed E-state index contributed by atoms with van der Waals surface area (Å²) < 4.78 is 2.19. The maximum absolute atomic E-state index is 5.41. The Bertz CT molecular complexity index is 93.7. The maximum Gasteiger partial charge on any atom is 0.151 e. The average molecular weight is 145 g/mol. The van der Waals surface area contributed by atoms with E-state index in [0.29, 0.717) is 0 Å². The van der Waals surface area contributed by atoms with Gasteiger partial charge in [0.05, 0.1) is 6.61 Å². The average Bonchev–Trinajstić information content (AvgIpc) is 2.08. The Hall–Kier alpha value is 0.137. The molecule has 9 heavy (non-hydrogen) atoms. The second-order valence-corrected chi connectivity index (χ2v) is 8.30. The van der Waals surface area contributed by atoms with Crippen molar-refractivity contribution in [3.05, 3.63) is 0 Å². The SMILES string of the molecule is C[Si](C)(C)N1CCCO1. The maximum atomic E-state index is 5.41. The van der Waals surface area contributed by atoms with Gasteiger partial charge in [-0.2, -0.15) is 0 Å². The number of hydroxylamine groups is 1. The highest BCUT2D eigenvalue weighted by Gasteiger charge is 2.27. The molecular formula is C6H15NOSi. The summed E-state index contributed by atoms with van der Waals surface area (Å²) in [5.74, 6) is 0. The van der Waals surface area contributed by atoms with Gasteiger partial charge in [0, 0.05) is 6.54 Å². The second kappa shape index (κ2) is 2.40. The third kappa shape index (κ3) is 1.78. The third-order valence-corrected chi connectivity index (χ3v) is 3.35. The van der Waals surface area contributed by atoms with Gasteiger partial charge in [-0.3, -0.25) is 0 Å². The molecule has 0 unspecified atom stereocenters. The molecule has 3 heteroatoms. The molecule has 0 spiro atoms. The van der Waals surface area contributed by atoms with Gasteiger partial charge in [-0.15, -0.1) is 0 Å². The van der Waals surface area contributed by atoms with Gasteiger partial charge in [0.25, 0.3) is 0 Å². The molecule has 0 bridgehead atoms. The summed E-state index contributed by atoms with van der Waals surface area (Å²) in [5, 5.41) is 0. The second-order valence-electron chi connectivity index (χ2n) is 3.46. The van der Waals surface area contributed by atoms with Crippen molar-refractivity contribution < 1.29 is 4.84 Å². The van der Waals surface area contributed by atoms with Crippen molar-refractivity contribution in [2.75, 3.05) is 13.2 Å². The lowest BCUT2D eigenvalue weighted by Gasteiger charge is -2.27. The number of nitrogens with zero attached hydrogens (tertiary/aromatic N) is 1. The van der Waals surface area contributed by atoms with Gasteiger partial charge in [-0.1, -0.05) is 19.6 Å². The molecule has 1 aliphatic heterocycles. The normalized spacial score (nSPS) is 23.0. The molecule has 0 saturated carbocycles. The summed E-state index contributed by atoms with van der Waals surface area (Å²) >= 11 is 0. The van der Waals surface area contributed by atoms with E-state index in [9.17, 15) is 0 Å². The first-order valence-electron chi connectivity index (χ1n) is 3.51. The van der Waals surface area contributed by atoms with Crippen molar-refractivity contribution in [3.63, 3.8) is 0 Å². The standard InChI is InChI=1S/C6H15NOSi/c1-9(2,3)7-5-4-6-8-7/h4-6H2,1-3H3. The molecule has 2 nitrogen and oxygen atoms in total. The first-order valence-corrected chi connectivity index (χ1v) is 6.96. The molecule has 0 aromatic rings. The Labute approximate surface area is 57.8 Å². The molecule has 1 fully saturated rings. The molecule has 1 saturated heterocycles. The molecule has 0 N–H and O–H groups in total. The highest BCUT2D eigenvalue weighted by Crippen LogP contribution is 2.14. The van der Waals surface area contributed by atoms with Gasteiger partial charge in [0.2, 0.25) is 0 Å². The van der Waals surface area contributed by atoms with Gasteiger partial charge in [-0.25, -0.2) is 4.73 Å². The zero-order valence-corrected chi connectivity index (χ0v) is 7.48. The minimum Gasteiger partial charge on any atom is -0.306 e. The van der Waals surface area contributed by atoms with Crippen molar-refractivity contribution in [1.29, 1.82) is 0 Å².